The Kier molecular flexibility index (Phi) is 6.99. The highest BCUT2D eigenvalue weighted by Crippen LogP contribution is 2.30. The van der Waals surface area contributed by atoms with E-state index >= 15 is 0 Å². The average Bonchev–Trinajstić information content (AvgIpc) is 3.37. The quantitative estimate of drug-likeness (QED) is 0.318. The molecule has 1 fully saturated rings. The van der Waals surface area contributed by atoms with E-state index in [4.69, 9.17) is 0 Å². The van der Waals surface area contributed by atoms with E-state index in [9.17, 15) is 19.2 Å². The molecule has 3 aromatic rings. The number of carbonyl (C=O) groups is 4. The zero-order valence-corrected chi connectivity index (χ0v) is 20.7. The second-order valence-corrected chi connectivity index (χ2v) is 10.2. The maximum atomic E-state index is 13.2. The van der Waals surface area contributed by atoms with Gasteiger partial charge in [-0.25, -0.2) is 14.9 Å². The van der Waals surface area contributed by atoms with Crippen LogP contribution in [0.15, 0.2) is 46.8 Å². The van der Waals surface area contributed by atoms with Gasteiger partial charge in [-0.15, -0.1) is 11.3 Å². The van der Waals surface area contributed by atoms with E-state index in [-0.39, 0.29) is 18.6 Å². The number of thioether (sulfide) groups is 1. The first-order valence-corrected chi connectivity index (χ1v) is 12.6. The molecule has 2 aromatic carbocycles. The number of imide groups is 1. The second-order valence-electron chi connectivity index (χ2n) is 7.94. The molecule has 0 radical (unpaired) electrons. The van der Waals surface area contributed by atoms with Crippen molar-refractivity contribution in [2.75, 3.05) is 10.7 Å². The number of nitrogens with zero attached hydrogens (tertiary/aromatic N) is 3. The number of benzene rings is 2. The zero-order chi connectivity index (χ0) is 24.4. The molecule has 1 aromatic heterocycles. The smallest absolute Gasteiger partial charge is 0.259 e. The third-order valence-corrected chi connectivity index (χ3v) is 7.78. The van der Waals surface area contributed by atoms with Crippen LogP contribution < -0.4 is 10.3 Å². The van der Waals surface area contributed by atoms with Crippen molar-refractivity contribution >= 4 is 62.6 Å². The molecule has 4 amide bonds. The summed E-state index contributed by atoms with van der Waals surface area (Å²) in [6.07, 6.45) is -0.115. The number of hydrogen-bond donors (Lipinski definition) is 1. The highest BCUT2D eigenvalue weighted by Gasteiger charge is 2.45. The van der Waals surface area contributed by atoms with Gasteiger partial charge in [0.15, 0.2) is 4.34 Å². The molecule has 1 atom stereocenters. The van der Waals surface area contributed by atoms with Gasteiger partial charge in [-0.3, -0.25) is 24.6 Å². The summed E-state index contributed by atoms with van der Waals surface area (Å²) in [7, 11) is 0. The summed E-state index contributed by atoms with van der Waals surface area (Å²) in [4.78, 5) is 56.8. The van der Waals surface area contributed by atoms with Gasteiger partial charge in [-0.05, 0) is 49.2 Å². The van der Waals surface area contributed by atoms with E-state index in [0.717, 1.165) is 35.6 Å². The van der Waals surface area contributed by atoms with E-state index < -0.39 is 29.7 Å². The molecular formula is C24H24N4O4S2. The lowest BCUT2D eigenvalue weighted by atomic mass is 10.1. The van der Waals surface area contributed by atoms with Crippen molar-refractivity contribution in [3.8, 4) is 0 Å². The van der Waals surface area contributed by atoms with Gasteiger partial charge in [0.1, 0.15) is 6.04 Å². The number of carbonyl (C=O) groups excluding carboxylic acids is 4. The summed E-state index contributed by atoms with van der Waals surface area (Å²) in [6.45, 7) is 5.48. The van der Waals surface area contributed by atoms with Crippen molar-refractivity contribution in [1.82, 2.24) is 15.4 Å². The standard InChI is InChI=1S/C24H24N4O4S2/c1-4-21(30)28(26-20(29)13-33-24-25-17-7-5-6-8-19(17)34-24)18-12-22(31)27(23(18)32)16-10-9-14(2)15(3)11-16/h5-11,18H,4,12-13H2,1-3H3,(H,26,29). The van der Waals surface area contributed by atoms with Gasteiger partial charge in [0.2, 0.25) is 17.7 Å². The van der Waals surface area contributed by atoms with Crippen LogP contribution in [0.25, 0.3) is 10.2 Å². The number of fused-ring (bicyclic) bond motifs is 1. The minimum Gasteiger partial charge on any atom is -0.274 e. The van der Waals surface area contributed by atoms with Gasteiger partial charge in [0, 0.05) is 6.42 Å². The van der Waals surface area contributed by atoms with E-state index in [1.165, 1.54) is 23.1 Å². The maximum absolute atomic E-state index is 13.2. The van der Waals surface area contributed by atoms with Crippen LogP contribution in [0.2, 0.25) is 0 Å². The first-order chi connectivity index (χ1) is 16.3. The fourth-order valence-electron chi connectivity index (χ4n) is 3.64. The van der Waals surface area contributed by atoms with Crippen molar-refractivity contribution < 1.29 is 19.2 Å². The Hall–Kier alpha value is -3.24. The predicted octanol–water partition coefficient (Wildman–Crippen LogP) is 3.61. The molecule has 34 heavy (non-hydrogen) atoms. The van der Waals surface area contributed by atoms with E-state index in [1.807, 2.05) is 44.2 Å². The molecule has 2 heterocycles. The van der Waals surface area contributed by atoms with E-state index in [1.54, 1.807) is 19.1 Å². The van der Waals surface area contributed by atoms with Crippen molar-refractivity contribution in [1.29, 1.82) is 0 Å². The number of rotatable bonds is 6. The lowest BCUT2D eigenvalue weighted by Gasteiger charge is -2.27. The highest BCUT2D eigenvalue weighted by atomic mass is 32.2. The molecule has 0 spiro atoms. The molecule has 1 unspecified atom stereocenters. The van der Waals surface area contributed by atoms with Crippen LogP contribution in [0.4, 0.5) is 5.69 Å². The number of aromatic nitrogens is 1. The zero-order valence-electron chi connectivity index (χ0n) is 19.0. The molecule has 8 nitrogen and oxygen atoms in total. The van der Waals surface area contributed by atoms with Crippen molar-refractivity contribution in [3.63, 3.8) is 0 Å². The first-order valence-electron chi connectivity index (χ1n) is 10.8. The Morgan fingerprint density at radius 3 is 2.65 bits per heavy atom. The molecule has 4 rings (SSSR count). The number of thiazole rings is 1. The normalized spacial score (nSPS) is 15.7. The Morgan fingerprint density at radius 2 is 1.94 bits per heavy atom. The molecular weight excluding hydrogens is 472 g/mol. The molecule has 0 bridgehead atoms. The Balaban J connectivity index is 1.47. The number of hydrazine groups is 1. The van der Waals surface area contributed by atoms with Crippen LogP contribution in [0.5, 0.6) is 0 Å². The molecule has 1 aliphatic rings. The van der Waals surface area contributed by atoms with Gasteiger partial charge < -0.3 is 0 Å². The van der Waals surface area contributed by atoms with Gasteiger partial charge in [0.25, 0.3) is 5.91 Å². The third kappa shape index (κ3) is 4.83. The number of aryl methyl sites for hydroxylation is 2. The minimum absolute atomic E-state index is 0.0169. The average molecular weight is 497 g/mol. The number of nitrogens with one attached hydrogen (secondary N) is 1. The van der Waals surface area contributed by atoms with Crippen LogP contribution in [-0.2, 0) is 19.2 Å². The predicted molar refractivity (Wildman–Crippen MR) is 132 cm³/mol. The fourth-order valence-corrected chi connectivity index (χ4v) is 5.51. The summed E-state index contributed by atoms with van der Waals surface area (Å²) in [5, 5.41) is 1.02. The summed E-state index contributed by atoms with van der Waals surface area (Å²) >= 11 is 2.74. The first kappa shape index (κ1) is 23.9. The molecule has 1 aliphatic heterocycles. The number of anilines is 1. The molecule has 1 N–H and O–H groups in total. The number of amides is 4. The SMILES string of the molecule is CCC(=O)N(NC(=O)CSc1nc2ccccc2s1)C1CC(=O)N(c2ccc(C)c(C)c2)C1=O. The highest BCUT2D eigenvalue weighted by molar-refractivity contribution is 8.01. The van der Waals surface area contributed by atoms with Crippen molar-refractivity contribution in [3.05, 3.63) is 53.6 Å². The fraction of sp³-hybridized carbons (Fsp3) is 0.292. The van der Waals surface area contributed by atoms with Gasteiger partial charge >= 0.3 is 0 Å². The van der Waals surface area contributed by atoms with Gasteiger partial charge in [0.05, 0.1) is 28.1 Å². The third-order valence-electron chi connectivity index (χ3n) is 5.60. The second kappa shape index (κ2) is 9.94. The molecule has 176 valence electrons. The van der Waals surface area contributed by atoms with Gasteiger partial charge in [-0.2, -0.15) is 0 Å². The van der Waals surface area contributed by atoms with Crippen LogP contribution >= 0.6 is 23.1 Å². The topological polar surface area (TPSA) is 99.7 Å². The molecule has 0 saturated carbocycles. The van der Waals surface area contributed by atoms with Crippen LogP contribution in [-0.4, -0.2) is 45.4 Å². The molecule has 10 heteroatoms. The molecule has 1 saturated heterocycles. The van der Waals surface area contributed by atoms with Crippen LogP contribution in [0.3, 0.4) is 0 Å². The monoisotopic (exact) mass is 496 g/mol. The summed E-state index contributed by atoms with van der Waals surface area (Å²) in [5.74, 6) is -1.81. The lowest BCUT2D eigenvalue weighted by molar-refractivity contribution is -0.146. The summed E-state index contributed by atoms with van der Waals surface area (Å²) in [6, 6.07) is 11.9. The summed E-state index contributed by atoms with van der Waals surface area (Å²) < 4.78 is 1.76. The number of hydrogen-bond acceptors (Lipinski definition) is 7. The number of para-hydroxylation sites is 1. The van der Waals surface area contributed by atoms with Crippen molar-refractivity contribution in [2.45, 2.75) is 44.0 Å². The van der Waals surface area contributed by atoms with E-state index in [2.05, 4.69) is 10.4 Å². The molecule has 0 aliphatic carbocycles. The Morgan fingerprint density at radius 1 is 1.18 bits per heavy atom. The summed E-state index contributed by atoms with van der Waals surface area (Å²) in [5.41, 5.74) is 5.87. The van der Waals surface area contributed by atoms with Gasteiger partial charge in [-0.1, -0.05) is 36.9 Å². The van der Waals surface area contributed by atoms with E-state index in [0.29, 0.717) is 5.69 Å². The Bertz CT molecular complexity index is 1260. The van der Waals surface area contributed by atoms with Crippen LogP contribution in [0, 0.1) is 13.8 Å². The lowest BCUT2D eigenvalue weighted by Crippen LogP contribution is -2.55. The maximum Gasteiger partial charge on any atom is 0.259 e. The van der Waals surface area contributed by atoms with Crippen molar-refractivity contribution in [2.24, 2.45) is 0 Å². The largest absolute Gasteiger partial charge is 0.274 e. The Labute approximate surface area is 205 Å². The van der Waals surface area contributed by atoms with Crippen LogP contribution in [0.1, 0.15) is 30.9 Å². The minimum atomic E-state index is -1.09.